The van der Waals surface area contributed by atoms with Gasteiger partial charge < -0.3 is 5.11 Å². The van der Waals surface area contributed by atoms with E-state index in [1.165, 1.54) is 5.56 Å². The number of halogens is 7. The van der Waals surface area contributed by atoms with Gasteiger partial charge in [0.2, 0.25) is 0 Å². The van der Waals surface area contributed by atoms with Crippen LogP contribution >= 0.6 is 112 Å². The van der Waals surface area contributed by atoms with Gasteiger partial charge in [-0.25, -0.2) is 0 Å². The molecule has 2 rings (SSSR count). The third kappa shape index (κ3) is 11.4. The van der Waals surface area contributed by atoms with Crippen LogP contribution in [0.15, 0.2) is 21.6 Å². The van der Waals surface area contributed by atoms with Crippen LogP contribution in [-0.2, 0) is 25.0 Å². The molecule has 5 nitrogen and oxygen atoms in total. The molecule has 144 valence electrons. The topological polar surface area (TPSA) is 55.9 Å². The lowest BCUT2D eigenvalue weighted by atomic mass is 10.4. The van der Waals surface area contributed by atoms with Crippen molar-refractivity contribution in [2.24, 2.45) is 0 Å². The highest BCUT2D eigenvalue weighted by Gasteiger charge is 2.08. The van der Waals surface area contributed by atoms with Crippen molar-refractivity contribution in [2.45, 2.75) is 39.9 Å². The molecule has 0 saturated heterocycles. The largest absolute Gasteiger partial charge is 0.392 e. The first kappa shape index (κ1) is 26.7. The van der Waals surface area contributed by atoms with E-state index in [0.29, 0.717) is 0 Å². The van der Waals surface area contributed by atoms with E-state index >= 15 is 0 Å². The number of aliphatic hydroxyl groups excluding tert-OH is 1. The van der Waals surface area contributed by atoms with Gasteiger partial charge in [0.1, 0.15) is 9.21 Å². The highest BCUT2D eigenvalue weighted by atomic mass is 80.0. The zero-order valence-electron chi connectivity index (χ0n) is 13.4. The molecule has 0 aliphatic rings. The molecule has 0 atom stereocenters. The fraction of sp³-hybridized carbons (Fsp3) is 0.538. The van der Waals surface area contributed by atoms with Crippen LogP contribution in [0.3, 0.4) is 0 Å². The zero-order chi connectivity index (χ0) is 19.6. The van der Waals surface area contributed by atoms with Crippen LogP contribution in [0.4, 0.5) is 0 Å². The minimum Gasteiger partial charge on any atom is -0.392 e. The van der Waals surface area contributed by atoms with E-state index in [4.69, 9.17) is 5.11 Å². The van der Waals surface area contributed by atoms with E-state index in [1.54, 1.807) is 10.9 Å². The SMILES string of the molecule is BrC(Br)(Br)Br.CCn1ncc(CBr)c1Br.CCn1ncc(CO)c1Br. The first-order valence-corrected chi connectivity index (χ1v) is 12.8. The van der Waals surface area contributed by atoms with E-state index in [2.05, 4.69) is 129 Å². The van der Waals surface area contributed by atoms with Crippen LogP contribution in [0.1, 0.15) is 25.0 Å². The smallest absolute Gasteiger partial charge is 0.189 e. The second kappa shape index (κ2) is 13.8. The quantitative estimate of drug-likeness (QED) is 0.343. The predicted octanol–water partition coefficient (Wildman–Crippen LogP) is 6.90. The highest BCUT2D eigenvalue weighted by Crippen LogP contribution is 2.39. The van der Waals surface area contributed by atoms with Gasteiger partial charge >= 0.3 is 0 Å². The van der Waals surface area contributed by atoms with Gasteiger partial charge in [-0.2, -0.15) is 10.2 Å². The summed E-state index contributed by atoms with van der Waals surface area (Å²) in [6.07, 6.45) is 3.52. The van der Waals surface area contributed by atoms with Crippen LogP contribution < -0.4 is 0 Å². The van der Waals surface area contributed by atoms with Crippen LogP contribution in [0, 0.1) is 0 Å². The minimum atomic E-state index is -0.250. The second-order valence-corrected chi connectivity index (χ2v) is 17.5. The van der Waals surface area contributed by atoms with Gasteiger partial charge in [0, 0.05) is 29.5 Å². The van der Waals surface area contributed by atoms with Crippen LogP contribution in [0.5, 0.6) is 0 Å². The highest BCUT2D eigenvalue weighted by molar-refractivity contribution is 9.52. The molecule has 0 aliphatic carbocycles. The van der Waals surface area contributed by atoms with Crippen LogP contribution in [0.2, 0.25) is 0 Å². The van der Waals surface area contributed by atoms with Gasteiger partial charge in [0.25, 0.3) is 0 Å². The summed E-state index contributed by atoms with van der Waals surface area (Å²) < 4.78 is 5.40. The van der Waals surface area contributed by atoms with Crippen molar-refractivity contribution in [3.8, 4) is 0 Å². The van der Waals surface area contributed by atoms with Gasteiger partial charge in [-0.1, -0.05) is 15.9 Å². The van der Waals surface area contributed by atoms with Crippen molar-refractivity contribution in [1.29, 1.82) is 0 Å². The molecule has 0 bridgehead atoms. The van der Waals surface area contributed by atoms with Crippen molar-refractivity contribution < 1.29 is 5.11 Å². The summed E-state index contributed by atoms with van der Waals surface area (Å²) in [6, 6.07) is 0. The summed E-state index contributed by atoms with van der Waals surface area (Å²) >= 11 is 22.6. The molecule has 0 aliphatic heterocycles. The maximum Gasteiger partial charge on any atom is 0.189 e. The van der Waals surface area contributed by atoms with E-state index in [0.717, 1.165) is 33.2 Å². The Hall–Kier alpha value is 1.74. The van der Waals surface area contributed by atoms with E-state index in [9.17, 15) is 0 Å². The lowest BCUT2D eigenvalue weighted by molar-refractivity contribution is 0.281. The van der Waals surface area contributed by atoms with E-state index < -0.39 is 0 Å². The molecule has 2 aromatic rings. The Labute approximate surface area is 206 Å². The number of aromatic nitrogens is 4. The summed E-state index contributed by atoms with van der Waals surface area (Å²) in [6.45, 7) is 5.84. The lowest BCUT2D eigenvalue weighted by Crippen LogP contribution is -1.95. The molecule has 25 heavy (non-hydrogen) atoms. The Kier molecular flexibility index (Phi) is 14.8. The zero-order valence-corrected chi connectivity index (χ0v) is 24.5. The molecule has 0 radical (unpaired) electrons. The average Bonchev–Trinajstić information content (AvgIpc) is 3.08. The average molecular weight is 805 g/mol. The van der Waals surface area contributed by atoms with E-state index in [1.807, 2.05) is 17.8 Å². The van der Waals surface area contributed by atoms with Crippen LogP contribution in [0.25, 0.3) is 0 Å². The Morgan fingerprint density at radius 1 is 0.920 bits per heavy atom. The first-order chi connectivity index (χ1) is 11.6. The number of hydrogen-bond donors (Lipinski definition) is 1. The molecule has 0 aromatic carbocycles. The van der Waals surface area contributed by atoms with Gasteiger partial charge in [-0.05, 0) is 109 Å². The van der Waals surface area contributed by atoms with E-state index in [-0.39, 0.29) is 7.66 Å². The Bertz CT molecular complexity index is 527. The van der Waals surface area contributed by atoms with Gasteiger partial charge in [-0.15, -0.1) is 0 Å². The molecule has 1 N–H and O–H groups in total. The van der Waals surface area contributed by atoms with Crippen LogP contribution in [-0.4, -0.2) is 25.7 Å². The normalized spacial score (nSPS) is 10.6. The van der Waals surface area contributed by atoms with Crippen molar-refractivity contribution in [3.05, 3.63) is 32.7 Å². The Balaban J connectivity index is 0.000000368. The first-order valence-electron chi connectivity index (χ1n) is 6.91. The van der Waals surface area contributed by atoms with Gasteiger partial charge in [0.05, 0.1) is 19.0 Å². The molecule has 0 amide bonds. The molecular weight excluding hydrogens is 787 g/mol. The summed E-state index contributed by atoms with van der Waals surface area (Å²) in [5.41, 5.74) is 2.03. The summed E-state index contributed by atoms with van der Waals surface area (Å²) in [5.74, 6) is 0. The molecular formula is C13H17Br7N4O. The second-order valence-electron chi connectivity index (χ2n) is 4.27. The molecule has 0 spiro atoms. The third-order valence-corrected chi connectivity index (χ3v) is 5.04. The molecule has 0 unspecified atom stereocenters. The summed E-state index contributed by atoms with van der Waals surface area (Å²) in [5, 5.41) is 17.8. The number of rotatable bonds is 4. The predicted molar refractivity (Wildman–Crippen MR) is 128 cm³/mol. The number of nitrogens with zero attached hydrogens (tertiary/aromatic N) is 4. The molecule has 2 aromatic heterocycles. The minimum absolute atomic E-state index is 0.0422. The monoisotopic (exact) mass is 798 g/mol. The Morgan fingerprint density at radius 3 is 1.48 bits per heavy atom. The fourth-order valence-electron chi connectivity index (χ4n) is 1.45. The Morgan fingerprint density at radius 2 is 1.28 bits per heavy atom. The third-order valence-electron chi connectivity index (χ3n) is 2.60. The number of hydrogen-bond acceptors (Lipinski definition) is 3. The number of alkyl halides is 5. The maximum atomic E-state index is 8.74. The summed E-state index contributed by atoms with van der Waals surface area (Å²) in [4.78, 5) is 0. The van der Waals surface area contributed by atoms with Gasteiger partial charge in [-0.3, -0.25) is 9.36 Å². The molecule has 0 fully saturated rings. The van der Waals surface area contributed by atoms with Crippen molar-refractivity contribution >= 4 is 112 Å². The maximum absolute atomic E-state index is 8.74. The standard InChI is InChI=1S/C6H8Br2N2.C6H9BrN2O.CBr4/c1-2-10-6(8)5(3-7)4-9-10;1-2-9-6(7)5(4-10)3-8-9;2-1(3,4)5/h4H,2-3H2,1H3;3,10H,2,4H2,1H3;. The molecule has 0 saturated carbocycles. The van der Waals surface area contributed by atoms with Crippen molar-refractivity contribution in [2.75, 3.05) is 0 Å². The fourth-order valence-corrected chi connectivity index (χ4v) is 3.40. The summed E-state index contributed by atoms with van der Waals surface area (Å²) in [7, 11) is 0. The lowest BCUT2D eigenvalue weighted by Gasteiger charge is -1.96. The number of aryl methyl sites for hydroxylation is 2. The molecule has 2 heterocycles. The number of aliphatic hydroxyl groups is 1. The van der Waals surface area contributed by atoms with Crippen molar-refractivity contribution in [3.63, 3.8) is 0 Å². The molecule has 12 heteroatoms. The van der Waals surface area contributed by atoms with Crippen molar-refractivity contribution in [1.82, 2.24) is 19.6 Å². The van der Waals surface area contributed by atoms with Gasteiger partial charge in [0.15, 0.2) is 1.05 Å².